The molecule has 0 aliphatic carbocycles. The molecule has 0 N–H and O–H groups in total. The monoisotopic (exact) mass is 266 g/mol. The van der Waals surface area contributed by atoms with Crippen molar-refractivity contribution in [3.05, 3.63) is 29.8 Å². The summed E-state index contributed by atoms with van der Waals surface area (Å²) in [5, 5.41) is 0. The van der Waals surface area contributed by atoms with E-state index in [1.807, 2.05) is 24.3 Å². The Kier molecular flexibility index (Phi) is 5.73. The summed E-state index contributed by atoms with van der Waals surface area (Å²) in [5.41, 5.74) is 1.13. The molecule has 18 heavy (non-hydrogen) atoms. The van der Waals surface area contributed by atoms with Gasteiger partial charge in [0.05, 0.1) is 12.4 Å². The van der Waals surface area contributed by atoms with Crippen LogP contribution >= 0.6 is 0 Å². The van der Waals surface area contributed by atoms with Gasteiger partial charge in [-0.3, -0.25) is 0 Å². The van der Waals surface area contributed by atoms with Crippen molar-refractivity contribution in [1.29, 1.82) is 0 Å². The molecule has 0 aliphatic heterocycles. The van der Waals surface area contributed by atoms with E-state index < -0.39 is 9.84 Å². The molecule has 0 saturated heterocycles. The van der Waals surface area contributed by atoms with Gasteiger partial charge in [0, 0.05) is 0 Å². The maximum absolute atomic E-state index is 11.4. The molecule has 0 heterocycles. The van der Waals surface area contributed by atoms with Crippen LogP contribution in [0.25, 0.3) is 0 Å². The Hall–Kier alpha value is -1.47. The second-order valence-electron chi connectivity index (χ2n) is 3.96. The van der Waals surface area contributed by atoms with Crippen molar-refractivity contribution in [3.8, 4) is 18.1 Å². The molecule has 3 nitrogen and oxygen atoms in total. The molecule has 0 saturated carbocycles. The van der Waals surface area contributed by atoms with Crippen LogP contribution in [0.1, 0.15) is 18.9 Å². The number of terminal acetylenes is 1. The molecular formula is C14H18O3S. The second kappa shape index (κ2) is 7.07. The van der Waals surface area contributed by atoms with Gasteiger partial charge in [-0.05, 0) is 24.5 Å². The highest BCUT2D eigenvalue weighted by atomic mass is 32.2. The van der Waals surface area contributed by atoms with E-state index in [1.54, 1.807) is 0 Å². The Bertz CT molecular complexity index is 512. The average molecular weight is 266 g/mol. The predicted octanol–water partition coefficient (Wildman–Crippen LogP) is 2.07. The van der Waals surface area contributed by atoms with E-state index in [2.05, 4.69) is 12.8 Å². The summed E-state index contributed by atoms with van der Waals surface area (Å²) in [4.78, 5) is 0. The van der Waals surface area contributed by atoms with Gasteiger partial charge in [0.1, 0.15) is 11.5 Å². The third kappa shape index (κ3) is 4.80. The molecule has 1 aromatic rings. The summed E-state index contributed by atoms with van der Waals surface area (Å²) in [7, 11) is -3.12. The Balaban J connectivity index is 2.41. The van der Waals surface area contributed by atoms with Gasteiger partial charge in [-0.2, -0.15) is 0 Å². The standard InChI is InChI=1S/C14H18O3S/c1-3-11-18(15,16)12-7-10-17-14-9-6-5-8-13(14)4-2/h1,5-6,8-9H,4,7,10-12H2,2H3. The Morgan fingerprint density at radius 1 is 1.33 bits per heavy atom. The number of sulfone groups is 1. The summed E-state index contributed by atoms with van der Waals surface area (Å²) in [6, 6.07) is 7.77. The molecule has 0 amide bonds. The molecule has 4 heteroatoms. The zero-order chi connectivity index (χ0) is 13.4. The van der Waals surface area contributed by atoms with Crippen LogP contribution in [-0.4, -0.2) is 26.5 Å². The van der Waals surface area contributed by atoms with Crippen molar-refractivity contribution in [2.75, 3.05) is 18.1 Å². The SMILES string of the molecule is C#CCS(=O)(=O)CCCOc1ccccc1CC. The third-order valence-electron chi connectivity index (χ3n) is 2.51. The largest absolute Gasteiger partial charge is 0.493 e. The normalized spacial score (nSPS) is 10.9. The van der Waals surface area contributed by atoms with E-state index in [1.165, 1.54) is 0 Å². The Morgan fingerprint density at radius 3 is 2.72 bits per heavy atom. The first-order valence-corrected chi connectivity index (χ1v) is 7.76. The fraction of sp³-hybridized carbons (Fsp3) is 0.429. The molecule has 0 bridgehead atoms. The lowest BCUT2D eigenvalue weighted by Gasteiger charge is -2.09. The van der Waals surface area contributed by atoms with Gasteiger partial charge in [-0.15, -0.1) is 6.42 Å². The first-order valence-electron chi connectivity index (χ1n) is 5.93. The maximum atomic E-state index is 11.4. The molecule has 0 unspecified atom stereocenters. The summed E-state index contributed by atoms with van der Waals surface area (Å²) >= 11 is 0. The van der Waals surface area contributed by atoms with Crippen LogP contribution < -0.4 is 4.74 Å². The van der Waals surface area contributed by atoms with E-state index in [-0.39, 0.29) is 11.5 Å². The van der Waals surface area contributed by atoms with Crippen molar-refractivity contribution in [2.24, 2.45) is 0 Å². The van der Waals surface area contributed by atoms with Gasteiger partial charge in [-0.1, -0.05) is 31.0 Å². The quantitative estimate of drug-likeness (QED) is 0.560. The molecule has 1 rings (SSSR count). The first-order chi connectivity index (χ1) is 8.59. The van der Waals surface area contributed by atoms with Crippen LogP contribution in [0.2, 0.25) is 0 Å². The third-order valence-corrected chi connectivity index (χ3v) is 4.03. The minimum atomic E-state index is -3.12. The van der Waals surface area contributed by atoms with Gasteiger partial charge in [0.15, 0.2) is 9.84 Å². The minimum Gasteiger partial charge on any atom is -0.493 e. The molecule has 0 aromatic heterocycles. The van der Waals surface area contributed by atoms with Crippen molar-refractivity contribution in [1.82, 2.24) is 0 Å². The van der Waals surface area contributed by atoms with Gasteiger partial charge < -0.3 is 4.74 Å². The van der Waals surface area contributed by atoms with Gasteiger partial charge in [0.2, 0.25) is 0 Å². The van der Waals surface area contributed by atoms with Crippen LogP contribution in [0.4, 0.5) is 0 Å². The summed E-state index contributed by atoms with van der Waals surface area (Å²) < 4.78 is 28.3. The number of para-hydroxylation sites is 1. The van der Waals surface area contributed by atoms with Gasteiger partial charge in [-0.25, -0.2) is 8.42 Å². The van der Waals surface area contributed by atoms with E-state index in [9.17, 15) is 8.42 Å². The zero-order valence-electron chi connectivity index (χ0n) is 10.6. The second-order valence-corrected chi connectivity index (χ2v) is 6.14. The molecule has 0 fully saturated rings. The molecule has 0 spiro atoms. The highest BCUT2D eigenvalue weighted by molar-refractivity contribution is 7.91. The fourth-order valence-electron chi connectivity index (χ4n) is 1.60. The molecule has 0 atom stereocenters. The highest BCUT2D eigenvalue weighted by Crippen LogP contribution is 2.18. The van der Waals surface area contributed by atoms with Crippen molar-refractivity contribution in [3.63, 3.8) is 0 Å². The molecule has 0 aliphatic rings. The highest BCUT2D eigenvalue weighted by Gasteiger charge is 2.08. The lowest BCUT2D eigenvalue weighted by molar-refractivity contribution is 0.314. The summed E-state index contributed by atoms with van der Waals surface area (Å²) in [6.45, 7) is 2.44. The predicted molar refractivity (Wildman–Crippen MR) is 73.4 cm³/mol. The number of ether oxygens (including phenoxy) is 1. The summed E-state index contributed by atoms with van der Waals surface area (Å²) in [6.07, 6.45) is 6.34. The minimum absolute atomic E-state index is 0.0749. The van der Waals surface area contributed by atoms with Gasteiger partial charge >= 0.3 is 0 Å². The maximum Gasteiger partial charge on any atom is 0.161 e. The molecule has 98 valence electrons. The van der Waals surface area contributed by atoms with Crippen molar-refractivity contribution in [2.45, 2.75) is 19.8 Å². The van der Waals surface area contributed by atoms with Crippen LogP contribution in [0.5, 0.6) is 5.75 Å². The molecule has 1 aromatic carbocycles. The lowest BCUT2D eigenvalue weighted by atomic mass is 10.1. The average Bonchev–Trinajstić information content (AvgIpc) is 2.35. The number of hydrogen-bond donors (Lipinski definition) is 0. The van der Waals surface area contributed by atoms with Crippen LogP contribution in [0, 0.1) is 12.3 Å². The Morgan fingerprint density at radius 2 is 2.06 bits per heavy atom. The van der Waals surface area contributed by atoms with Crippen LogP contribution in [0.3, 0.4) is 0 Å². The van der Waals surface area contributed by atoms with E-state index in [4.69, 9.17) is 11.2 Å². The Labute approximate surface area is 109 Å². The number of rotatable bonds is 7. The van der Waals surface area contributed by atoms with E-state index in [0.29, 0.717) is 13.0 Å². The number of benzene rings is 1. The topological polar surface area (TPSA) is 43.4 Å². The van der Waals surface area contributed by atoms with Crippen LogP contribution in [-0.2, 0) is 16.3 Å². The lowest BCUT2D eigenvalue weighted by Crippen LogP contribution is -2.12. The van der Waals surface area contributed by atoms with Crippen molar-refractivity contribution >= 4 is 9.84 Å². The zero-order valence-corrected chi connectivity index (χ0v) is 11.4. The van der Waals surface area contributed by atoms with E-state index >= 15 is 0 Å². The summed E-state index contributed by atoms with van der Waals surface area (Å²) in [5.74, 6) is 2.86. The smallest absolute Gasteiger partial charge is 0.161 e. The number of aryl methyl sites for hydroxylation is 1. The molecular weight excluding hydrogens is 248 g/mol. The van der Waals surface area contributed by atoms with E-state index in [0.717, 1.165) is 17.7 Å². The molecule has 0 radical (unpaired) electrons. The van der Waals surface area contributed by atoms with Crippen molar-refractivity contribution < 1.29 is 13.2 Å². The first kappa shape index (κ1) is 14.6. The fourth-order valence-corrected chi connectivity index (χ4v) is 2.55. The van der Waals surface area contributed by atoms with Gasteiger partial charge in [0.25, 0.3) is 0 Å². The van der Waals surface area contributed by atoms with Crippen LogP contribution in [0.15, 0.2) is 24.3 Å². The number of hydrogen-bond acceptors (Lipinski definition) is 3.